The third-order valence-electron chi connectivity index (χ3n) is 3.38. The Morgan fingerprint density at radius 1 is 1.22 bits per heavy atom. The van der Waals surface area contributed by atoms with Crippen molar-refractivity contribution in [3.63, 3.8) is 0 Å². The quantitative estimate of drug-likeness (QED) is 0.780. The van der Waals surface area contributed by atoms with Gasteiger partial charge in [-0.2, -0.15) is 0 Å². The van der Waals surface area contributed by atoms with Gasteiger partial charge in [0, 0.05) is 11.1 Å². The zero-order valence-corrected chi connectivity index (χ0v) is 11.4. The second-order valence-corrected chi connectivity index (χ2v) is 6.14. The predicted molar refractivity (Wildman–Crippen MR) is 77.0 cm³/mol. The molecule has 0 unspecified atom stereocenters. The first-order valence-electron chi connectivity index (χ1n) is 6.50. The minimum absolute atomic E-state index is 0.525. The van der Waals surface area contributed by atoms with E-state index < -0.39 is 0 Å². The number of fused-ring (bicyclic) bond motifs is 1. The Labute approximate surface area is 113 Å². The number of hydrogen-bond donors (Lipinski definition) is 0. The van der Waals surface area contributed by atoms with E-state index in [1.165, 1.54) is 41.0 Å². The molecule has 1 aliphatic rings. The molecule has 0 amide bonds. The molecule has 2 heteroatoms. The van der Waals surface area contributed by atoms with E-state index in [1.54, 1.807) is 0 Å². The molecule has 0 saturated heterocycles. The largest absolute Gasteiger partial charge is 0.260 e. The number of pyridine rings is 1. The van der Waals surface area contributed by atoms with E-state index in [1.807, 2.05) is 18.0 Å². The summed E-state index contributed by atoms with van der Waals surface area (Å²) in [5.41, 5.74) is 4.04. The number of benzene rings is 1. The molecule has 1 aliphatic carbocycles. The van der Waals surface area contributed by atoms with E-state index in [-0.39, 0.29) is 0 Å². The summed E-state index contributed by atoms with van der Waals surface area (Å²) >= 11 is 1.95. The fourth-order valence-corrected chi connectivity index (χ4v) is 3.77. The molecule has 92 valence electrons. The molecule has 0 aliphatic heterocycles. The van der Waals surface area contributed by atoms with Crippen LogP contribution in [0.4, 0.5) is 0 Å². The Bertz CT molecular complexity index is 536. The number of nitrogens with zero attached hydrogens (tertiary/aromatic N) is 1. The Balaban J connectivity index is 1.87. The fourth-order valence-electron chi connectivity index (χ4n) is 2.52. The maximum absolute atomic E-state index is 4.68. The highest BCUT2D eigenvalue weighted by molar-refractivity contribution is 7.99. The maximum Gasteiger partial charge on any atom is 0.0569 e. The average molecular weight is 255 g/mol. The molecule has 0 fully saturated rings. The van der Waals surface area contributed by atoms with E-state index in [0.717, 1.165) is 0 Å². The summed E-state index contributed by atoms with van der Waals surface area (Å²) in [5, 5.41) is 0.525. The van der Waals surface area contributed by atoms with Crippen LogP contribution in [0.5, 0.6) is 0 Å². The highest BCUT2D eigenvalue weighted by atomic mass is 32.2. The third kappa shape index (κ3) is 2.44. The Kier molecular flexibility index (Phi) is 3.37. The van der Waals surface area contributed by atoms with Crippen LogP contribution in [-0.2, 0) is 6.42 Å². The molecule has 0 saturated carbocycles. The molecule has 1 aromatic heterocycles. The van der Waals surface area contributed by atoms with Gasteiger partial charge in [0.25, 0.3) is 0 Å². The van der Waals surface area contributed by atoms with E-state index in [4.69, 9.17) is 0 Å². The van der Waals surface area contributed by atoms with Crippen molar-refractivity contribution in [2.45, 2.75) is 36.3 Å². The zero-order valence-electron chi connectivity index (χ0n) is 10.6. The molecule has 0 N–H and O–H groups in total. The summed E-state index contributed by atoms with van der Waals surface area (Å²) in [6.07, 6.45) is 5.71. The summed E-state index contributed by atoms with van der Waals surface area (Å²) in [7, 11) is 0. The lowest BCUT2D eigenvalue weighted by Gasteiger charge is -2.24. The smallest absolute Gasteiger partial charge is 0.0569 e. The number of hydrogen-bond acceptors (Lipinski definition) is 2. The van der Waals surface area contributed by atoms with Gasteiger partial charge in [-0.3, -0.25) is 4.98 Å². The van der Waals surface area contributed by atoms with Gasteiger partial charge >= 0.3 is 0 Å². The van der Waals surface area contributed by atoms with Crippen molar-refractivity contribution in [1.82, 2.24) is 4.98 Å². The minimum Gasteiger partial charge on any atom is -0.260 e. The van der Waals surface area contributed by atoms with Gasteiger partial charge in [-0.15, -0.1) is 11.8 Å². The normalized spacial score (nSPS) is 18.4. The third-order valence-corrected chi connectivity index (χ3v) is 4.66. The van der Waals surface area contributed by atoms with E-state index >= 15 is 0 Å². The first-order chi connectivity index (χ1) is 8.83. The van der Waals surface area contributed by atoms with Crippen LogP contribution in [0.15, 0.2) is 47.5 Å². The Morgan fingerprint density at radius 2 is 2.06 bits per heavy atom. The molecule has 0 radical (unpaired) electrons. The van der Waals surface area contributed by atoms with Crippen LogP contribution in [0.2, 0.25) is 0 Å². The van der Waals surface area contributed by atoms with Gasteiger partial charge < -0.3 is 0 Å². The average Bonchev–Trinajstić information content (AvgIpc) is 2.40. The molecule has 0 spiro atoms. The second kappa shape index (κ2) is 5.15. The van der Waals surface area contributed by atoms with Crippen molar-refractivity contribution < 1.29 is 0 Å². The van der Waals surface area contributed by atoms with E-state index in [2.05, 4.69) is 48.3 Å². The van der Waals surface area contributed by atoms with Crippen LogP contribution in [0.1, 0.15) is 34.9 Å². The monoisotopic (exact) mass is 255 g/mol. The number of aromatic nitrogens is 1. The van der Waals surface area contributed by atoms with Gasteiger partial charge in [0.15, 0.2) is 0 Å². The lowest BCUT2D eigenvalue weighted by Crippen LogP contribution is -2.09. The molecular weight excluding hydrogens is 238 g/mol. The summed E-state index contributed by atoms with van der Waals surface area (Å²) in [6.45, 7) is 2.13. The number of rotatable bonds is 2. The van der Waals surface area contributed by atoms with Crippen molar-refractivity contribution in [2.75, 3.05) is 0 Å². The molecule has 3 rings (SSSR count). The van der Waals surface area contributed by atoms with Crippen LogP contribution >= 0.6 is 11.8 Å². The molecule has 1 atom stereocenters. The van der Waals surface area contributed by atoms with Gasteiger partial charge in [0.2, 0.25) is 0 Å². The van der Waals surface area contributed by atoms with E-state index in [9.17, 15) is 0 Å². The summed E-state index contributed by atoms with van der Waals surface area (Å²) in [4.78, 5) is 6.02. The van der Waals surface area contributed by atoms with E-state index in [0.29, 0.717) is 5.25 Å². The standard InChI is InChI=1S/C16H17NS/c1-12-10-13-6-5-9-15(16(13)17-11-12)18-14-7-3-2-4-8-14/h2-4,7-8,10-11,15H,5-6,9H2,1H3/t15-/m1/s1. The van der Waals surface area contributed by atoms with Crippen LogP contribution in [-0.4, -0.2) is 4.98 Å². The van der Waals surface area contributed by atoms with Gasteiger partial charge in [-0.25, -0.2) is 0 Å². The number of aryl methyl sites for hydroxylation is 2. The molecule has 0 bridgehead atoms. The van der Waals surface area contributed by atoms with Crippen LogP contribution in [0.3, 0.4) is 0 Å². The van der Waals surface area contributed by atoms with Crippen LogP contribution < -0.4 is 0 Å². The number of thioether (sulfide) groups is 1. The zero-order chi connectivity index (χ0) is 12.4. The van der Waals surface area contributed by atoms with Crippen molar-refractivity contribution >= 4 is 11.8 Å². The highest BCUT2D eigenvalue weighted by Crippen LogP contribution is 2.42. The van der Waals surface area contributed by atoms with Crippen molar-refractivity contribution in [1.29, 1.82) is 0 Å². The van der Waals surface area contributed by atoms with Gasteiger partial charge in [-0.1, -0.05) is 24.3 Å². The first-order valence-corrected chi connectivity index (χ1v) is 7.38. The highest BCUT2D eigenvalue weighted by Gasteiger charge is 2.22. The van der Waals surface area contributed by atoms with Crippen molar-refractivity contribution in [3.05, 3.63) is 59.4 Å². The molecule has 1 nitrogen and oxygen atoms in total. The first kappa shape index (κ1) is 11.8. The van der Waals surface area contributed by atoms with Gasteiger partial charge in [0.05, 0.1) is 10.9 Å². The van der Waals surface area contributed by atoms with Crippen molar-refractivity contribution in [2.24, 2.45) is 0 Å². The minimum atomic E-state index is 0.525. The van der Waals surface area contributed by atoms with Crippen LogP contribution in [0, 0.1) is 6.92 Å². The Morgan fingerprint density at radius 3 is 2.89 bits per heavy atom. The van der Waals surface area contributed by atoms with Gasteiger partial charge in [0.1, 0.15) is 0 Å². The van der Waals surface area contributed by atoms with Gasteiger partial charge in [-0.05, 0) is 49.4 Å². The molecule has 18 heavy (non-hydrogen) atoms. The summed E-state index contributed by atoms with van der Waals surface area (Å²) in [6, 6.07) is 13.0. The van der Waals surface area contributed by atoms with Crippen molar-refractivity contribution in [3.8, 4) is 0 Å². The molecule has 1 aromatic carbocycles. The lowest BCUT2D eigenvalue weighted by atomic mass is 9.95. The Hall–Kier alpha value is -1.28. The topological polar surface area (TPSA) is 12.9 Å². The SMILES string of the molecule is Cc1cnc2c(c1)CCC[C@H]2Sc1ccccc1. The second-order valence-electron chi connectivity index (χ2n) is 4.87. The summed E-state index contributed by atoms with van der Waals surface area (Å²) in [5.74, 6) is 0. The predicted octanol–water partition coefficient (Wildman–Crippen LogP) is 4.56. The molecular formula is C16H17NS. The summed E-state index contributed by atoms with van der Waals surface area (Å²) < 4.78 is 0. The van der Waals surface area contributed by atoms with Crippen LogP contribution in [0.25, 0.3) is 0 Å². The molecule has 1 heterocycles. The maximum atomic E-state index is 4.68. The fraction of sp³-hybridized carbons (Fsp3) is 0.312. The molecule has 2 aromatic rings. The lowest BCUT2D eigenvalue weighted by molar-refractivity contribution is 0.655.